The Morgan fingerprint density at radius 2 is 2.04 bits per heavy atom. The van der Waals surface area contributed by atoms with E-state index in [-0.39, 0.29) is 42.0 Å². The number of hydrogen-bond acceptors (Lipinski definition) is 6. The first-order chi connectivity index (χ1) is 12.2. The number of halogens is 1. The van der Waals surface area contributed by atoms with E-state index >= 15 is 0 Å². The Morgan fingerprint density at radius 1 is 1.37 bits per heavy atom. The normalized spacial score (nSPS) is 17.8. The van der Waals surface area contributed by atoms with E-state index in [9.17, 15) is 23.3 Å². The van der Waals surface area contributed by atoms with Crippen LogP contribution in [0.25, 0.3) is 0 Å². The zero-order valence-corrected chi connectivity index (χ0v) is 16.9. The highest BCUT2D eigenvalue weighted by Crippen LogP contribution is 2.30. The van der Waals surface area contributed by atoms with Gasteiger partial charge in [-0.2, -0.15) is 4.31 Å². The van der Waals surface area contributed by atoms with Crippen LogP contribution >= 0.6 is 12.4 Å². The van der Waals surface area contributed by atoms with Crippen molar-refractivity contribution in [2.45, 2.75) is 31.6 Å². The maximum atomic E-state index is 13.0. The van der Waals surface area contributed by atoms with Gasteiger partial charge in [0, 0.05) is 37.8 Å². The van der Waals surface area contributed by atoms with E-state index in [1.807, 2.05) is 0 Å². The number of nitrogens with zero attached hydrogens (tertiary/aromatic N) is 2. The number of nitrogens with one attached hydrogen (secondary N) is 1. The molecular weight excluding hydrogens is 396 g/mol. The summed E-state index contributed by atoms with van der Waals surface area (Å²) in [5, 5.41) is 13.8. The summed E-state index contributed by atoms with van der Waals surface area (Å²) < 4.78 is 27.3. The molecule has 2 rings (SSSR count). The largest absolute Gasteiger partial charge is 0.355 e. The van der Waals surface area contributed by atoms with Crippen molar-refractivity contribution in [2.75, 3.05) is 26.2 Å². The zero-order valence-electron chi connectivity index (χ0n) is 15.3. The van der Waals surface area contributed by atoms with Crippen LogP contribution in [0.5, 0.6) is 0 Å². The third-order valence-electron chi connectivity index (χ3n) is 4.51. The third-order valence-corrected chi connectivity index (χ3v) is 6.51. The number of benzene rings is 1. The summed E-state index contributed by atoms with van der Waals surface area (Å²) in [6, 6.07) is 2.61. The summed E-state index contributed by atoms with van der Waals surface area (Å²) >= 11 is 0. The van der Waals surface area contributed by atoms with Gasteiger partial charge in [0.25, 0.3) is 5.69 Å². The van der Waals surface area contributed by atoms with Gasteiger partial charge in [0.15, 0.2) is 0 Å². The molecule has 27 heavy (non-hydrogen) atoms. The lowest BCUT2D eigenvalue weighted by molar-refractivity contribution is -0.385. The van der Waals surface area contributed by atoms with E-state index in [0.29, 0.717) is 37.1 Å². The highest BCUT2D eigenvalue weighted by atomic mass is 35.5. The summed E-state index contributed by atoms with van der Waals surface area (Å²) in [5.74, 6) is -0.673. The van der Waals surface area contributed by atoms with E-state index in [0.717, 1.165) is 6.07 Å². The van der Waals surface area contributed by atoms with Gasteiger partial charge in [-0.05, 0) is 38.3 Å². The molecule has 0 spiro atoms. The van der Waals surface area contributed by atoms with Gasteiger partial charge < -0.3 is 11.1 Å². The molecule has 9 nitrogen and oxygen atoms in total. The van der Waals surface area contributed by atoms with Crippen molar-refractivity contribution in [3.05, 3.63) is 33.4 Å². The van der Waals surface area contributed by atoms with Crippen LogP contribution in [-0.4, -0.2) is 49.7 Å². The third kappa shape index (κ3) is 5.16. The number of piperidine rings is 1. The van der Waals surface area contributed by atoms with Gasteiger partial charge in [-0.25, -0.2) is 8.42 Å². The SMILES string of the molecule is Cc1cc(C)c(S(=O)(=O)N2CCCC(C(=O)NCCN)C2)cc1[N+](=O)[O-].Cl. The highest BCUT2D eigenvalue weighted by molar-refractivity contribution is 7.89. The summed E-state index contributed by atoms with van der Waals surface area (Å²) in [6.45, 7) is 4.17. The van der Waals surface area contributed by atoms with Crippen LogP contribution in [-0.2, 0) is 14.8 Å². The second kappa shape index (κ2) is 9.45. The number of hydrogen-bond donors (Lipinski definition) is 2. The Bertz CT molecular complexity index is 815. The minimum atomic E-state index is -3.93. The lowest BCUT2D eigenvalue weighted by Gasteiger charge is -2.31. The number of nitro benzene ring substituents is 1. The van der Waals surface area contributed by atoms with E-state index in [1.54, 1.807) is 13.8 Å². The number of nitrogens with two attached hydrogens (primary N) is 1. The predicted molar refractivity (Wildman–Crippen MR) is 103 cm³/mol. The first-order valence-electron chi connectivity index (χ1n) is 8.42. The zero-order chi connectivity index (χ0) is 19.5. The number of rotatable bonds is 6. The molecule has 1 unspecified atom stereocenters. The van der Waals surface area contributed by atoms with Crippen LogP contribution in [0, 0.1) is 29.9 Å². The van der Waals surface area contributed by atoms with Crippen molar-refractivity contribution < 1.29 is 18.1 Å². The Balaban J connectivity index is 0.00000364. The molecule has 1 saturated heterocycles. The molecule has 1 heterocycles. The lowest BCUT2D eigenvalue weighted by atomic mass is 9.99. The first kappa shape index (κ1) is 23.3. The molecule has 3 N–H and O–H groups in total. The Morgan fingerprint density at radius 3 is 2.63 bits per heavy atom. The molecule has 0 aliphatic carbocycles. The topological polar surface area (TPSA) is 136 Å². The van der Waals surface area contributed by atoms with Gasteiger partial charge in [-0.15, -0.1) is 12.4 Å². The van der Waals surface area contributed by atoms with Gasteiger partial charge in [-0.1, -0.05) is 0 Å². The smallest absolute Gasteiger partial charge is 0.273 e. The van der Waals surface area contributed by atoms with Gasteiger partial charge in [0.05, 0.1) is 15.7 Å². The predicted octanol–water partition coefficient (Wildman–Crippen LogP) is 1.11. The van der Waals surface area contributed by atoms with Crippen LogP contribution < -0.4 is 11.1 Å². The first-order valence-corrected chi connectivity index (χ1v) is 9.86. The molecule has 11 heteroatoms. The van der Waals surface area contributed by atoms with Crippen molar-refractivity contribution in [1.82, 2.24) is 9.62 Å². The van der Waals surface area contributed by atoms with Crippen molar-refractivity contribution in [1.29, 1.82) is 0 Å². The molecule has 0 radical (unpaired) electrons. The van der Waals surface area contributed by atoms with E-state index in [2.05, 4.69) is 5.32 Å². The maximum absolute atomic E-state index is 13.0. The molecule has 152 valence electrons. The number of carbonyl (C=O) groups is 1. The Kier molecular flexibility index (Phi) is 8.15. The fourth-order valence-corrected chi connectivity index (χ4v) is 4.90. The average molecular weight is 421 g/mol. The fourth-order valence-electron chi connectivity index (χ4n) is 3.15. The van der Waals surface area contributed by atoms with Crippen LogP contribution in [0.15, 0.2) is 17.0 Å². The Hall–Kier alpha value is -1.75. The minimum absolute atomic E-state index is 0. The van der Waals surface area contributed by atoms with E-state index in [4.69, 9.17) is 5.73 Å². The van der Waals surface area contributed by atoms with Crippen LogP contribution in [0.1, 0.15) is 24.0 Å². The fraction of sp³-hybridized carbons (Fsp3) is 0.562. The number of sulfonamides is 1. The number of amides is 1. The second-order valence-corrected chi connectivity index (χ2v) is 8.35. The molecule has 1 aliphatic rings. The molecule has 1 aromatic carbocycles. The monoisotopic (exact) mass is 420 g/mol. The molecule has 0 aromatic heterocycles. The maximum Gasteiger partial charge on any atom is 0.273 e. The number of nitro groups is 1. The van der Waals surface area contributed by atoms with Crippen LogP contribution in [0.3, 0.4) is 0 Å². The molecule has 0 saturated carbocycles. The van der Waals surface area contributed by atoms with Crippen LogP contribution in [0.2, 0.25) is 0 Å². The number of carbonyl (C=O) groups excluding carboxylic acids is 1. The average Bonchev–Trinajstić information content (AvgIpc) is 2.59. The standard InChI is InChI=1S/C16H24N4O5S.ClH/c1-11-8-12(2)15(9-14(11)20(22)23)26(24,25)19-7-3-4-13(10-19)16(21)18-6-5-17;/h8-9,13H,3-7,10,17H2,1-2H3,(H,18,21);1H. The van der Waals surface area contributed by atoms with E-state index < -0.39 is 20.9 Å². The van der Waals surface area contributed by atoms with Crippen molar-refractivity contribution in [3.8, 4) is 0 Å². The highest BCUT2D eigenvalue weighted by Gasteiger charge is 2.35. The summed E-state index contributed by atoms with van der Waals surface area (Å²) in [7, 11) is -3.93. The minimum Gasteiger partial charge on any atom is -0.355 e. The molecule has 1 fully saturated rings. The van der Waals surface area contributed by atoms with Gasteiger partial charge >= 0.3 is 0 Å². The van der Waals surface area contributed by atoms with Gasteiger partial charge in [-0.3, -0.25) is 14.9 Å². The van der Waals surface area contributed by atoms with E-state index in [1.165, 1.54) is 10.4 Å². The van der Waals surface area contributed by atoms with Crippen molar-refractivity contribution in [2.24, 2.45) is 11.7 Å². The van der Waals surface area contributed by atoms with Crippen molar-refractivity contribution in [3.63, 3.8) is 0 Å². The second-order valence-electron chi connectivity index (χ2n) is 6.44. The van der Waals surface area contributed by atoms with Gasteiger partial charge in [0.2, 0.25) is 15.9 Å². The van der Waals surface area contributed by atoms with Gasteiger partial charge in [0.1, 0.15) is 0 Å². The summed E-state index contributed by atoms with van der Waals surface area (Å²) in [4.78, 5) is 22.6. The lowest BCUT2D eigenvalue weighted by Crippen LogP contribution is -2.46. The molecule has 1 aliphatic heterocycles. The van der Waals surface area contributed by atoms with Crippen molar-refractivity contribution >= 4 is 34.0 Å². The number of aryl methyl sites for hydroxylation is 2. The molecular formula is C16H25ClN4O5S. The molecule has 1 aromatic rings. The summed E-state index contributed by atoms with van der Waals surface area (Å²) in [6.07, 6.45) is 1.14. The molecule has 1 amide bonds. The molecule has 1 atom stereocenters. The quantitative estimate of drug-likeness (QED) is 0.522. The summed E-state index contributed by atoms with van der Waals surface area (Å²) in [5.41, 5.74) is 5.99. The Labute approximate surface area is 164 Å². The van der Waals surface area contributed by atoms with Crippen LogP contribution in [0.4, 0.5) is 5.69 Å². The molecule has 0 bridgehead atoms.